The first-order valence-electron chi connectivity index (χ1n) is 9.61. The zero-order chi connectivity index (χ0) is 19.2. The quantitative estimate of drug-likeness (QED) is 0.610. The van der Waals surface area contributed by atoms with Gasteiger partial charge in [-0.2, -0.15) is 0 Å². The first-order chi connectivity index (χ1) is 13.8. The van der Waals surface area contributed by atoms with E-state index in [4.69, 9.17) is 14.2 Å². The largest absolute Gasteiger partial charge is 0.454 e. The smallest absolute Gasteiger partial charge is 0.231 e. The highest BCUT2D eigenvalue weighted by molar-refractivity contribution is 5.79. The minimum absolute atomic E-state index is 0.0398. The van der Waals surface area contributed by atoms with Gasteiger partial charge >= 0.3 is 0 Å². The lowest BCUT2D eigenvalue weighted by Gasteiger charge is -2.38. The first-order valence-corrected chi connectivity index (χ1v) is 9.61. The number of hydrogen-bond acceptors (Lipinski definition) is 5. The monoisotopic (exact) mass is 382 g/mol. The molecule has 3 heterocycles. The second-order valence-electron chi connectivity index (χ2n) is 7.06. The SMILES string of the molecule is CN=C(NCc1ccccn1)NCC1(c2ccc3c(c2)OCO3)CCOCC1. The summed E-state index contributed by atoms with van der Waals surface area (Å²) in [6.45, 7) is 3.17. The number of benzene rings is 1. The highest BCUT2D eigenvalue weighted by Crippen LogP contribution is 2.40. The first kappa shape index (κ1) is 18.6. The number of rotatable bonds is 5. The molecule has 2 N–H and O–H groups in total. The van der Waals surface area contributed by atoms with Crippen molar-refractivity contribution in [3.63, 3.8) is 0 Å². The van der Waals surface area contributed by atoms with E-state index in [-0.39, 0.29) is 12.2 Å². The van der Waals surface area contributed by atoms with E-state index in [2.05, 4.69) is 32.7 Å². The van der Waals surface area contributed by atoms with Crippen LogP contribution in [0.5, 0.6) is 11.5 Å². The summed E-state index contributed by atoms with van der Waals surface area (Å²) in [5.74, 6) is 2.39. The van der Waals surface area contributed by atoms with Crippen molar-refractivity contribution < 1.29 is 14.2 Å². The van der Waals surface area contributed by atoms with Crippen LogP contribution in [0.4, 0.5) is 0 Å². The molecule has 1 aromatic heterocycles. The lowest BCUT2D eigenvalue weighted by atomic mass is 9.74. The van der Waals surface area contributed by atoms with E-state index >= 15 is 0 Å². The van der Waals surface area contributed by atoms with Gasteiger partial charge in [0.05, 0.1) is 12.2 Å². The third kappa shape index (κ3) is 4.04. The van der Waals surface area contributed by atoms with E-state index in [0.29, 0.717) is 6.54 Å². The fourth-order valence-electron chi connectivity index (χ4n) is 3.71. The highest BCUT2D eigenvalue weighted by atomic mass is 16.7. The molecule has 2 aromatic rings. The lowest BCUT2D eigenvalue weighted by molar-refractivity contribution is 0.0513. The van der Waals surface area contributed by atoms with Crippen LogP contribution in [0.15, 0.2) is 47.6 Å². The molecule has 7 heteroatoms. The number of aliphatic imine (C=N–C) groups is 1. The van der Waals surface area contributed by atoms with Crippen LogP contribution in [-0.4, -0.2) is 44.5 Å². The van der Waals surface area contributed by atoms with Gasteiger partial charge < -0.3 is 24.8 Å². The zero-order valence-corrected chi connectivity index (χ0v) is 16.1. The van der Waals surface area contributed by atoms with Crippen molar-refractivity contribution in [2.24, 2.45) is 4.99 Å². The normalized spacial score (nSPS) is 18.0. The molecule has 1 aromatic carbocycles. The van der Waals surface area contributed by atoms with Gasteiger partial charge in [-0.15, -0.1) is 0 Å². The third-order valence-electron chi connectivity index (χ3n) is 5.42. The van der Waals surface area contributed by atoms with E-state index in [0.717, 1.165) is 55.8 Å². The predicted molar refractivity (Wildman–Crippen MR) is 107 cm³/mol. The second-order valence-corrected chi connectivity index (χ2v) is 7.06. The van der Waals surface area contributed by atoms with Crippen LogP contribution >= 0.6 is 0 Å². The standard InChI is InChI=1S/C21H26N4O3/c1-22-20(24-13-17-4-2-3-9-23-17)25-14-21(7-10-26-11-8-21)16-5-6-18-19(12-16)28-15-27-18/h2-6,9,12H,7-8,10-11,13-15H2,1H3,(H2,22,24,25). The van der Waals surface area contributed by atoms with Gasteiger partial charge in [0.15, 0.2) is 17.5 Å². The Balaban J connectivity index is 1.45. The molecule has 2 aliphatic rings. The minimum atomic E-state index is -0.0398. The molecular weight excluding hydrogens is 356 g/mol. The predicted octanol–water partition coefficient (Wildman–Crippen LogP) is 2.22. The summed E-state index contributed by atoms with van der Waals surface area (Å²) in [7, 11) is 1.78. The number of fused-ring (bicyclic) bond motifs is 1. The van der Waals surface area contributed by atoms with Crippen molar-refractivity contribution in [1.29, 1.82) is 0 Å². The fourth-order valence-corrected chi connectivity index (χ4v) is 3.71. The van der Waals surface area contributed by atoms with Crippen molar-refractivity contribution in [3.8, 4) is 11.5 Å². The van der Waals surface area contributed by atoms with E-state index in [1.807, 2.05) is 24.3 Å². The van der Waals surface area contributed by atoms with Gasteiger partial charge in [-0.3, -0.25) is 9.98 Å². The molecule has 0 saturated carbocycles. The maximum atomic E-state index is 5.64. The third-order valence-corrected chi connectivity index (χ3v) is 5.42. The Morgan fingerprint density at radius 2 is 1.96 bits per heavy atom. The van der Waals surface area contributed by atoms with Crippen LogP contribution in [0.2, 0.25) is 0 Å². The Morgan fingerprint density at radius 1 is 1.11 bits per heavy atom. The number of pyridine rings is 1. The van der Waals surface area contributed by atoms with E-state index in [9.17, 15) is 0 Å². The summed E-state index contributed by atoms with van der Waals surface area (Å²) in [5, 5.41) is 6.84. The Hall–Kier alpha value is -2.80. The van der Waals surface area contributed by atoms with Gasteiger partial charge in [0.1, 0.15) is 0 Å². The maximum absolute atomic E-state index is 5.64. The Kier molecular flexibility index (Phi) is 5.62. The van der Waals surface area contributed by atoms with Gasteiger partial charge in [-0.25, -0.2) is 0 Å². The van der Waals surface area contributed by atoms with Crippen molar-refractivity contribution in [2.75, 3.05) is 33.6 Å². The molecule has 0 unspecified atom stereocenters. The molecule has 28 heavy (non-hydrogen) atoms. The van der Waals surface area contributed by atoms with Crippen LogP contribution < -0.4 is 20.1 Å². The molecular formula is C21H26N4O3. The molecule has 0 amide bonds. The van der Waals surface area contributed by atoms with Gasteiger partial charge in [0.2, 0.25) is 6.79 Å². The average molecular weight is 382 g/mol. The molecule has 0 radical (unpaired) electrons. The van der Waals surface area contributed by atoms with Crippen LogP contribution in [0.3, 0.4) is 0 Å². The molecule has 0 spiro atoms. The van der Waals surface area contributed by atoms with Crippen molar-refractivity contribution in [1.82, 2.24) is 15.6 Å². The summed E-state index contributed by atoms with van der Waals surface area (Å²) < 4.78 is 16.7. The van der Waals surface area contributed by atoms with Crippen LogP contribution in [0.25, 0.3) is 0 Å². The second kappa shape index (κ2) is 8.48. The van der Waals surface area contributed by atoms with Crippen molar-refractivity contribution >= 4 is 5.96 Å². The minimum Gasteiger partial charge on any atom is -0.454 e. The van der Waals surface area contributed by atoms with E-state index in [1.54, 1.807) is 13.2 Å². The zero-order valence-electron chi connectivity index (χ0n) is 16.1. The molecule has 4 rings (SSSR count). The van der Waals surface area contributed by atoms with Crippen molar-refractivity contribution in [2.45, 2.75) is 24.8 Å². The maximum Gasteiger partial charge on any atom is 0.231 e. The fraction of sp³-hybridized carbons (Fsp3) is 0.429. The lowest BCUT2D eigenvalue weighted by Crippen LogP contribution is -2.48. The Labute approximate surface area is 165 Å². The Bertz CT molecular complexity index is 820. The number of nitrogens with one attached hydrogen (secondary N) is 2. The van der Waals surface area contributed by atoms with Gasteiger partial charge in [-0.05, 0) is 42.7 Å². The topological polar surface area (TPSA) is 77.0 Å². The highest BCUT2D eigenvalue weighted by Gasteiger charge is 2.35. The molecule has 0 bridgehead atoms. The van der Waals surface area contributed by atoms with Crippen molar-refractivity contribution in [3.05, 3.63) is 53.9 Å². The molecule has 148 valence electrons. The number of ether oxygens (including phenoxy) is 3. The van der Waals surface area contributed by atoms with Crippen LogP contribution in [0, 0.1) is 0 Å². The number of aromatic nitrogens is 1. The molecule has 1 saturated heterocycles. The van der Waals surface area contributed by atoms with Gasteiger partial charge in [0.25, 0.3) is 0 Å². The number of hydrogen-bond donors (Lipinski definition) is 2. The summed E-state index contributed by atoms with van der Waals surface area (Å²) in [6.07, 6.45) is 3.68. The molecule has 7 nitrogen and oxygen atoms in total. The summed E-state index contributed by atoms with van der Waals surface area (Å²) in [6, 6.07) is 12.1. The Morgan fingerprint density at radius 3 is 2.75 bits per heavy atom. The molecule has 2 aliphatic heterocycles. The van der Waals surface area contributed by atoms with E-state index < -0.39 is 0 Å². The number of guanidine groups is 1. The summed E-state index contributed by atoms with van der Waals surface area (Å²) >= 11 is 0. The van der Waals surface area contributed by atoms with Gasteiger partial charge in [0, 0.05) is 38.4 Å². The van der Waals surface area contributed by atoms with Crippen LogP contribution in [0.1, 0.15) is 24.1 Å². The molecule has 0 atom stereocenters. The van der Waals surface area contributed by atoms with E-state index in [1.165, 1.54) is 5.56 Å². The van der Waals surface area contributed by atoms with Gasteiger partial charge in [-0.1, -0.05) is 12.1 Å². The average Bonchev–Trinajstić information content (AvgIpc) is 3.23. The molecule has 0 aliphatic carbocycles. The summed E-state index contributed by atoms with van der Waals surface area (Å²) in [4.78, 5) is 8.70. The molecule has 1 fully saturated rings. The number of nitrogens with zero attached hydrogens (tertiary/aromatic N) is 2. The summed E-state index contributed by atoms with van der Waals surface area (Å²) in [5.41, 5.74) is 2.18. The van der Waals surface area contributed by atoms with Crippen LogP contribution in [-0.2, 0) is 16.7 Å².